The minimum Gasteiger partial charge on any atom is -0.372 e. The Balaban J connectivity index is 1.50. The van der Waals surface area contributed by atoms with Gasteiger partial charge in [0, 0.05) is 9.40 Å². The Morgan fingerprint density at radius 1 is 0.667 bits per heavy atom. The molecule has 0 unspecified atom stereocenters. The van der Waals surface area contributed by atoms with Crippen LogP contribution in [0.5, 0.6) is 0 Å². The maximum atomic E-state index is 5.95. The number of hydrogen-bond donors (Lipinski definition) is 0. The molecule has 0 radical (unpaired) electrons. The molecular formula is C18H14OS2. The predicted octanol–water partition coefficient (Wildman–Crippen LogP) is 5.83. The number of ether oxygens (including phenoxy) is 1. The number of thiophene rings is 2. The minimum absolute atomic E-state index is 0.675. The van der Waals surface area contributed by atoms with Gasteiger partial charge in [0.15, 0.2) is 0 Å². The molecule has 0 amide bonds. The highest BCUT2D eigenvalue weighted by Gasteiger charge is 2.06. The summed E-state index contributed by atoms with van der Waals surface area (Å²) in [5.41, 5.74) is 2.57. The summed E-state index contributed by atoms with van der Waals surface area (Å²) in [6.07, 6.45) is 0. The molecule has 0 aliphatic rings. The monoisotopic (exact) mass is 310 g/mol. The van der Waals surface area contributed by atoms with Crippen molar-refractivity contribution in [3.63, 3.8) is 0 Å². The summed E-state index contributed by atoms with van der Waals surface area (Å²) in [7, 11) is 0. The van der Waals surface area contributed by atoms with Crippen LogP contribution in [0, 0.1) is 0 Å². The Hall–Kier alpha value is -1.68. The fraction of sp³-hybridized carbons (Fsp3) is 0.111. The van der Waals surface area contributed by atoms with E-state index in [4.69, 9.17) is 4.74 Å². The zero-order valence-electron chi connectivity index (χ0n) is 11.4. The molecule has 0 saturated carbocycles. The molecule has 2 heterocycles. The van der Waals surface area contributed by atoms with Crippen LogP contribution in [0.4, 0.5) is 0 Å². The van der Waals surface area contributed by atoms with Crippen molar-refractivity contribution < 1.29 is 4.74 Å². The van der Waals surface area contributed by atoms with E-state index in [0.717, 1.165) is 0 Å². The van der Waals surface area contributed by atoms with Crippen molar-refractivity contribution in [1.29, 1.82) is 0 Å². The summed E-state index contributed by atoms with van der Waals surface area (Å²) >= 11 is 3.57. The van der Waals surface area contributed by atoms with Crippen molar-refractivity contribution >= 4 is 42.8 Å². The zero-order valence-corrected chi connectivity index (χ0v) is 13.0. The number of rotatable bonds is 4. The van der Waals surface area contributed by atoms with Crippen LogP contribution in [-0.2, 0) is 18.0 Å². The standard InChI is InChI=1S/C18H14OS2/c1-3-7-17-15(5-1)13(11-20-17)9-19-10-14-12-21-18-8-4-2-6-16(14)18/h1-8,11-12H,9-10H2. The first-order valence-electron chi connectivity index (χ1n) is 6.90. The van der Waals surface area contributed by atoms with Crippen LogP contribution in [0.3, 0.4) is 0 Å². The van der Waals surface area contributed by atoms with Gasteiger partial charge in [-0.05, 0) is 44.8 Å². The number of fused-ring (bicyclic) bond motifs is 2. The smallest absolute Gasteiger partial charge is 0.0735 e. The van der Waals surface area contributed by atoms with E-state index in [-0.39, 0.29) is 0 Å². The third-order valence-corrected chi connectivity index (χ3v) is 5.66. The minimum atomic E-state index is 0.675. The molecule has 0 bridgehead atoms. The Kier molecular flexibility index (Phi) is 3.47. The average Bonchev–Trinajstić information content (AvgIpc) is 3.13. The van der Waals surface area contributed by atoms with E-state index in [0.29, 0.717) is 13.2 Å². The lowest BCUT2D eigenvalue weighted by Gasteiger charge is -2.03. The molecule has 0 aliphatic heterocycles. The fourth-order valence-electron chi connectivity index (χ4n) is 2.56. The summed E-state index contributed by atoms with van der Waals surface area (Å²) in [5.74, 6) is 0. The first-order valence-corrected chi connectivity index (χ1v) is 8.66. The van der Waals surface area contributed by atoms with Crippen LogP contribution in [0.25, 0.3) is 20.2 Å². The predicted molar refractivity (Wildman–Crippen MR) is 92.1 cm³/mol. The molecular weight excluding hydrogens is 296 g/mol. The van der Waals surface area contributed by atoms with E-state index in [1.807, 2.05) is 0 Å². The van der Waals surface area contributed by atoms with Gasteiger partial charge in [0.05, 0.1) is 13.2 Å². The molecule has 0 fully saturated rings. The lowest BCUT2D eigenvalue weighted by molar-refractivity contribution is 0.109. The summed E-state index contributed by atoms with van der Waals surface area (Å²) in [5, 5.41) is 7.04. The summed E-state index contributed by atoms with van der Waals surface area (Å²) in [4.78, 5) is 0. The molecule has 3 heteroatoms. The molecule has 0 N–H and O–H groups in total. The fourth-order valence-corrected chi connectivity index (χ4v) is 4.46. The molecule has 4 rings (SSSR count). The van der Waals surface area contributed by atoms with Crippen LogP contribution >= 0.6 is 22.7 Å². The van der Waals surface area contributed by atoms with E-state index in [9.17, 15) is 0 Å². The van der Waals surface area contributed by atoms with Gasteiger partial charge in [-0.25, -0.2) is 0 Å². The Morgan fingerprint density at radius 2 is 1.14 bits per heavy atom. The Bertz CT molecular complexity index is 814. The van der Waals surface area contributed by atoms with E-state index < -0.39 is 0 Å². The van der Waals surface area contributed by atoms with Gasteiger partial charge in [0.2, 0.25) is 0 Å². The van der Waals surface area contributed by atoms with Crippen LogP contribution in [0.2, 0.25) is 0 Å². The van der Waals surface area contributed by atoms with Gasteiger partial charge >= 0.3 is 0 Å². The van der Waals surface area contributed by atoms with Gasteiger partial charge in [0.1, 0.15) is 0 Å². The van der Waals surface area contributed by atoms with Gasteiger partial charge in [-0.2, -0.15) is 0 Å². The lowest BCUT2D eigenvalue weighted by atomic mass is 10.2. The third-order valence-electron chi connectivity index (χ3n) is 3.64. The molecule has 1 nitrogen and oxygen atoms in total. The molecule has 0 aliphatic carbocycles. The highest BCUT2D eigenvalue weighted by molar-refractivity contribution is 7.17. The molecule has 0 saturated heterocycles. The lowest BCUT2D eigenvalue weighted by Crippen LogP contribution is -1.92. The second kappa shape index (κ2) is 5.60. The third kappa shape index (κ3) is 2.48. The first-order chi connectivity index (χ1) is 10.4. The summed E-state index contributed by atoms with van der Waals surface area (Å²) in [6.45, 7) is 1.35. The maximum absolute atomic E-state index is 5.95. The van der Waals surface area contributed by atoms with Crippen molar-refractivity contribution in [1.82, 2.24) is 0 Å². The molecule has 104 valence electrons. The van der Waals surface area contributed by atoms with Crippen molar-refractivity contribution in [2.24, 2.45) is 0 Å². The van der Waals surface area contributed by atoms with E-state index in [1.165, 1.54) is 31.3 Å². The van der Waals surface area contributed by atoms with Crippen molar-refractivity contribution in [3.8, 4) is 0 Å². The molecule has 0 spiro atoms. The molecule has 0 atom stereocenters. The highest BCUT2D eigenvalue weighted by atomic mass is 32.1. The molecule has 4 aromatic rings. The maximum Gasteiger partial charge on any atom is 0.0735 e. The number of hydrogen-bond acceptors (Lipinski definition) is 3. The topological polar surface area (TPSA) is 9.23 Å². The average molecular weight is 310 g/mol. The SMILES string of the molecule is c1ccc2c(COCc3csc4ccccc34)csc2c1. The molecule has 2 aromatic carbocycles. The molecule has 21 heavy (non-hydrogen) atoms. The van der Waals surface area contributed by atoms with Crippen LogP contribution < -0.4 is 0 Å². The Labute approximate surface area is 131 Å². The van der Waals surface area contributed by atoms with E-state index in [2.05, 4.69) is 59.3 Å². The van der Waals surface area contributed by atoms with Gasteiger partial charge in [-0.3, -0.25) is 0 Å². The van der Waals surface area contributed by atoms with Crippen LogP contribution in [0.1, 0.15) is 11.1 Å². The molecule has 2 aromatic heterocycles. The van der Waals surface area contributed by atoms with Gasteiger partial charge in [0.25, 0.3) is 0 Å². The number of benzene rings is 2. The second-order valence-electron chi connectivity index (χ2n) is 5.01. The first kappa shape index (κ1) is 13.0. The largest absolute Gasteiger partial charge is 0.372 e. The van der Waals surface area contributed by atoms with Crippen molar-refractivity contribution in [2.75, 3.05) is 0 Å². The summed E-state index contributed by atoms with van der Waals surface area (Å²) in [6, 6.07) is 17.0. The van der Waals surface area contributed by atoms with Crippen molar-refractivity contribution in [2.45, 2.75) is 13.2 Å². The Morgan fingerprint density at radius 3 is 1.67 bits per heavy atom. The second-order valence-corrected chi connectivity index (χ2v) is 6.83. The van der Waals surface area contributed by atoms with Gasteiger partial charge < -0.3 is 4.74 Å². The van der Waals surface area contributed by atoms with Crippen LogP contribution in [-0.4, -0.2) is 0 Å². The van der Waals surface area contributed by atoms with Crippen LogP contribution in [0.15, 0.2) is 59.3 Å². The van der Waals surface area contributed by atoms with Gasteiger partial charge in [-0.1, -0.05) is 36.4 Å². The quantitative estimate of drug-likeness (QED) is 0.460. The van der Waals surface area contributed by atoms with Gasteiger partial charge in [-0.15, -0.1) is 22.7 Å². The van der Waals surface area contributed by atoms with Crippen molar-refractivity contribution in [3.05, 3.63) is 70.4 Å². The van der Waals surface area contributed by atoms with E-state index in [1.54, 1.807) is 22.7 Å². The summed E-state index contributed by atoms with van der Waals surface area (Å²) < 4.78 is 8.61. The highest BCUT2D eigenvalue weighted by Crippen LogP contribution is 2.28. The normalized spacial score (nSPS) is 11.4. The zero-order chi connectivity index (χ0) is 14.1. The van der Waals surface area contributed by atoms with E-state index >= 15 is 0 Å².